The van der Waals surface area contributed by atoms with Gasteiger partial charge in [-0.25, -0.2) is 0 Å². The molecule has 0 aliphatic rings. The number of anilines is 1. The topological polar surface area (TPSA) is 79.4 Å². The molecule has 9 heteroatoms. The van der Waals surface area contributed by atoms with E-state index in [1.54, 1.807) is 56.5 Å². The summed E-state index contributed by atoms with van der Waals surface area (Å²) >= 11 is 0. The maximum absolute atomic E-state index is 12.7. The average molecular weight is 422 g/mol. The number of carbonyl (C=O) groups excluding carboxylic acids is 1. The molecule has 0 fully saturated rings. The van der Waals surface area contributed by atoms with Crippen molar-refractivity contribution in [3.63, 3.8) is 0 Å². The summed E-state index contributed by atoms with van der Waals surface area (Å²) in [5.74, 6) is 1.04. The lowest BCUT2D eigenvalue weighted by Gasteiger charge is -2.23. The van der Waals surface area contributed by atoms with E-state index in [9.17, 15) is 13.2 Å². The van der Waals surface area contributed by atoms with Crippen molar-refractivity contribution in [2.45, 2.75) is 6.54 Å². The van der Waals surface area contributed by atoms with Crippen LogP contribution in [0.15, 0.2) is 42.5 Å². The van der Waals surface area contributed by atoms with Crippen LogP contribution in [0.5, 0.6) is 11.5 Å². The Labute approximate surface area is 172 Å². The average Bonchev–Trinajstić information content (AvgIpc) is 2.72. The minimum Gasteiger partial charge on any atom is -0.493 e. The minimum atomic E-state index is -3.58. The van der Waals surface area contributed by atoms with Gasteiger partial charge in [0.25, 0.3) is 5.91 Å². The summed E-state index contributed by atoms with van der Waals surface area (Å²) < 4.78 is 37.2. The molecule has 2 rings (SSSR count). The van der Waals surface area contributed by atoms with Gasteiger partial charge in [0.1, 0.15) is 0 Å². The van der Waals surface area contributed by atoms with E-state index in [2.05, 4.69) is 0 Å². The van der Waals surface area contributed by atoms with Crippen molar-refractivity contribution in [3.8, 4) is 11.5 Å². The Morgan fingerprint density at radius 2 is 1.48 bits per heavy atom. The summed E-state index contributed by atoms with van der Waals surface area (Å²) in [6.07, 6.45) is 0. The van der Waals surface area contributed by atoms with Gasteiger partial charge in [-0.2, -0.15) is 12.7 Å². The normalized spacial score (nSPS) is 11.3. The Bertz CT molecular complexity index is 959. The number of methoxy groups -OCH3 is 2. The van der Waals surface area contributed by atoms with Crippen molar-refractivity contribution in [2.75, 3.05) is 46.7 Å². The first kappa shape index (κ1) is 22.5. The van der Waals surface area contributed by atoms with Gasteiger partial charge < -0.3 is 14.4 Å². The number of ether oxygens (including phenoxy) is 2. The van der Waals surface area contributed by atoms with E-state index in [0.29, 0.717) is 29.3 Å². The number of amides is 1. The van der Waals surface area contributed by atoms with Gasteiger partial charge in [0.05, 0.1) is 19.9 Å². The Hall–Kier alpha value is -2.78. The van der Waals surface area contributed by atoms with Gasteiger partial charge in [-0.1, -0.05) is 6.07 Å². The monoisotopic (exact) mass is 421 g/mol. The molecule has 8 nitrogen and oxygen atoms in total. The molecule has 0 atom stereocenters. The molecule has 0 saturated heterocycles. The highest BCUT2D eigenvalue weighted by Gasteiger charge is 2.21. The van der Waals surface area contributed by atoms with Crippen molar-refractivity contribution < 1.29 is 22.7 Å². The quantitative estimate of drug-likeness (QED) is 0.653. The van der Waals surface area contributed by atoms with E-state index < -0.39 is 10.2 Å². The van der Waals surface area contributed by atoms with E-state index >= 15 is 0 Å². The Morgan fingerprint density at radius 3 is 2.00 bits per heavy atom. The summed E-state index contributed by atoms with van der Waals surface area (Å²) in [5, 5.41) is 0. The van der Waals surface area contributed by atoms with Crippen molar-refractivity contribution in [2.24, 2.45) is 0 Å². The van der Waals surface area contributed by atoms with E-state index in [-0.39, 0.29) is 5.91 Å². The van der Waals surface area contributed by atoms with Crippen LogP contribution in [0.2, 0.25) is 0 Å². The van der Waals surface area contributed by atoms with Gasteiger partial charge >= 0.3 is 10.2 Å². The van der Waals surface area contributed by atoms with Crippen molar-refractivity contribution in [1.29, 1.82) is 0 Å². The maximum atomic E-state index is 12.7. The first-order chi connectivity index (χ1) is 13.6. The molecule has 0 heterocycles. The predicted molar refractivity (Wildman–Crippen MR) is 113 cm³/mol. The largest absolute Gasteiger partial charge is 0.493 e. The van der Waals surface area contributed by atoms with Crippen LogP contribution in [0.1, 0.15) is 15.9 Å². The van der Waals surface area contributed by atoms with Gasteiger partial charge in [0.2, 0.25) is 0 Å². The Kier molecular flexibility index (Phi) is 7.10. The maximum Gasteiger partial charge on any atom is 0.303 e. The van der Waals surface area contributed by atoms with Crippen LogP contribution in [-0.2, 0) is 16.8 Å². The van der Waals surface area contributed by atoms with Crippen LogP contribution >= 0.6 is 0 Å². The lowest BCUT2D eigenvalue weighted by atomic mass is 10.1. The van der Waals surface area contributed by atoms with Crippen molar-refractivity contribution >= 4 is 21.8 Å². The van der Waals surface area contributed by atoms with E-state index in [1.165, 1.54) is 21.1 Å². The predicted octanol–water partition coefficient (Wildman–Crippen LogP) is 2.22. The molecule has 0 N–H and O–H groups in total. The second kappa shape index (κ2) is 9.15. The van der Waals surface area contributed by atoms with Crippen molar-refractivity contribution in [1.82, 2.24) is 9.21 Å². The molecule has 0 aromatic heterocycles. The zero-order valence-electron chi connectivity index (χ0n) is 17.5. The van der Waals surface area contributed by atoms with E-state index in [0.717, 1.165) is 14.2 Å². The molecule has 29 heavy (non-hydrogen) atoms. The van der Waals surface area contributed by atoms with Crippen LogP contribution in [0.3, 0.4) is 0 Å². The van der Waals surface area contributed by atoms with E-state index in [4.69, 9.17) is 9.47 Å². The summed E-state index contributed by atoms with van der Waals surface area (Å²) in [4.78, 5) is 14.3. The minimum absolute atomic E-state index is 0.176. The highest BCUT2D eigenvalue weighted by atomic mass is 32.2. The molecule has 0 aliphatic heterocycles. The summed E-state index contributed by atoms with van der Waals surface area (Å²) in [6.45, 7) is 0.385. The second-order valence-corrected chi connectivity index (χ2v) is 8.83. The lowest BCUT2D eigenvalue weighted by Crippen LogP contribution is -2.37. The number of hydrogen-bond donors (Lipinski definition) is 0. The first-order valence-electron chi connectivity index (χ1n) is 8.84. The smallest absolute Gasteiger partial charge is 0.303 e. The fourth-order valence-corrected chi connectivity index (χ4v) is 3.62. The third kappa shape index (κ3) is 4.99. The van der Waals surface area contributed by atoms with Gasteiger partial charge in [-0.15, -0.1) is 0 Å². The van der Waals surface area contributed by atoms with Crippen LogP contribution in [-0.4, -0.2) is 65.9 Å². The Balaban J connectivity index is 2.14. The molecule has 2 aromatic carbocycles. The summed E-state index contributed by atoms with van der Waals surface area (Å²) in [6, 6.07) is 11.9. The number of carbonyl (C=O) groups is 1. The number of hydrogen-bond acceptors (Lipinski definition) is 5. The third-order valence-corrected chi connectivity index (χ3v) is 6.33. The van der Waals surface area contributed by atoms with Crippen LogP contribution < -0.4 is 13.8 Å². The fourth-order valence-electron chi connectivity index (χ4n) is 2.74. The number of rotatable bonds is 8. The molecule has 0 unspecified atom stereocenters. The zero-order chi connectivity index (χ0) is 21.8. The second-order valence-electron chi connectivity index (χ2n) is 6.66. The third-order valence-electron chi connectivity index (χ3n) is 4.50. The van der Waals surface area contributed by atoms with Gasteiger partial charge in [-0.05, 0) is 42.0 Å². The zero-order valence-corrected chi connectivity index (χ0v) is 18.4. The molecule has 0 radical (unpaired) electrons. The van der Waals surface area contributed by atoms with Crippen LogP contribution in [0.4, 0.5) is 5.69 Å². The molecule has 0 spiro atoms. The molecular weight excluding hydrogens is 394 g/mol. The SMILES string of the molecule is COc1ccc(CN(C)C(=O)c2ccc(N(C)S(=O)(=O)N(C)C)cc2)cc1OC. The lowest BCUT2D eigenvalue weighted by molar-refractivity contribution is 0.0785. The molecule has 158 valence electrons. The highest BCUT2D eigenvalue weighted by Crippen LogP contribution is 2.28. The summed E-state index contributed by atoms with van der Waals surface area (Å²) in [5.41, 5.74) is 1.83. The Morgan fingerprint density at radius 1 is 0.897 bits per heavy atom. The fraction of sp³-hybridized carbons (Fsp3) is 0.350. The number of nitrogens with zero attached hydrogens (tertiary/aromatic N) is 3. The van der Waals surface area contributed by atoms with Crippen molar-refractivity contribution in [3.05, 3.63) is 53.6 Å². The molecule has 0 aliphatic carbocycles. The molecule has 2 aromatic rings. The van der Waals surface area contributed by atoms with Gasteiger partial charge in [-0.3, -0.25) is 9.10 Å². The van der Waals surface area contributed by atoms with Gasteiger partial charge in [0, 0.05) is 40.3 Å². The van der Waals surface area contributed by atoms with Gasteiger partial charge in [0.15, 0.2) is 11.5 Å². The molecule has 1 amide bonds. The first-order valence-corrected chi connectivity index (χ1v) is 10.2. The highest BCUT2D eigenvalue weighted by molar-refractivity contribution is 7.90. The standard InChI is InChI=1S/C20H27N3O5S/c1-21(2)29(25,26)23(4)17-10-8-16(9-11-17)20(24)22(3)14-15-7-12-18(27-5)19(13-15)28-6/h7-13H,14H2,1-6H3. The summed E-state index contributed by atoms with van der Waals surface area (Å²) in [7, 11) is 5.65. The van der Waals surface area contributed by atoms with Crippen LogP contribution in [0, 0.1) is 0 Å². The molecule has 0 saturated carbocycles. The molecular formula is C20H27N3O5S. The number of benzene rings is 2. The van der Waals surface area contributed by atoms with Crippen LogP contribution in [0.25, 0.3) is 0 Å². The molecule has 0 bridgehead atoms. The van der Waals surface area contributed by atoms with E-state index in [1.807, 2.05) is 12.1 Å².